The molecule has 0 aliphatic rings. The van der Waals surface area contributed by atoms with Crippen molar-refractivity contribution in [3.63, 3.8) is 0 Å². The Balaban J connectivity index is 1.97. The molecule has 0 saturated carbocycles. The van der Waals surface area contributed by atoms with Crippen molar-refractivity contribution >= 4 is 11.2 Å². The van der Waals surface area contributed by atoms with Crippen molar-refractivity contribution < 1.29 is 4.74 Å². The molecular formula is C16H15N5O. The number of hydrogen-bond donors (Lipinski definition) is 0. The second-order valence-corrected chi connectivity index (χ2v) is 4.63. The third kappa shape index (κ3) is 2.74. The van der Waals surface area contributed by atoms with Crippen molar-refractivity contribution in [3.05, 3.63) is 36.3 Å². The van der Waals surface area contributed by atoms with E-state index in [1.54, 1.807) is 10.9 Å². The highest BCUT2D eigenvalue weighted by molar-refractivity contribution is 5.70. The van der Waals surface area contributed by atoms with Gasteiger partial charge in [-0.1, -0.05) is 5.21 Å². The van der Waals surface area contributed by atoms with Crippen molar-refractivity contribution in [1.82, 2.24) is 25.0 Å². The van der Waals surface area contributed by atoms with E-state index in [0.717, 1.165) is 11.4 Å². The maximum atomic E-state index is 5.44. The van der Waals surface area contributed by atoms with Crippen LogP contribution in [0.4, 0.5) is 0 Å². The lowest BCUT2D eigenvalue weighted by Crippen LogP contribution is -2.01. The molecule has 0 radical (unpaired) electrons. The first-order valence-electron chi connectivity index (χ1n) is 7.06. The fourth-order valence-electron chi connectivity index (χ4n) is 2.09. The van der Waals surface area contributed by atoms with Crippen LogP contribution in [-0.2, 0) is 6.42 Å². The molecule has 1 aromatic carbocycles. The maximum absolute atomic E-state index is 5.44. The van der Waals surface area contributed by atoms with Crippen LogP contribution >= 0.6 is 0 Å². The fourth-order valence-corrected chi connectivity index (χ4v) is 2.09. The molecule has 0 aliphatic carbocycles. The molecule has 0 fully saturated rings. The normalized spacial score (nSPS) is 10.5. The average Bonchev–Trinajstić information content (AvgIpc) is 2.97. The summed E-state index contributed by atoms with van der Waals surface area (Å²) in [4.78, 5) is 8.76. The van der Waals surface area contributed by atoms with Gasteiger partial charge in [0.1, 0.15) is 11.6 Å². The molecule has 0 unspecified atom stereocenters. The van der Waals surface area contributed by atoms with Crippen molar-refractivity contribution in [2.45, 2.75) is 19.8 Å². The summed E-state index contributed by atoms with van der Waals surface area (Å²) in [6, 6.07) is 7.63. The van der Waals surface area contributed by atoms with Gasteiger partial charge >= 0.3 is 0 Å². The smallest absolute Gasteiger partial charge is 0.187 e. The Hall–Kier alpha value is -2.94. The highest BCUT2D eigenvalue weighted by Gasteiger charge is 2.10. The van der Waals surface area contributed by atoms with Gasteiger partial charge in [-0.05, 0) is 31.2 Å². The summed E-state index contributed by atoms with van der Waals surface area (Å²) in [5.41, 5.74) is 2.19. The second kappa shape index (κ2) is 6.22. The fraction of sp³-hybridized carbons (Fsp3) is 0.250. The second-order valence-electron chi connectivity index (χ2n) is 4.63. The predicted molar refractivity (Wildman–Crippen MR) is 82.8 cm³/mol. The number of aromatic nitrogens is 5. The highest BCUT2D eigenvalue weighted by atomic mass is 16.5. The van der Waals surface area contributed by atoms with Gasteiger partial charge in [0.15, 0.2) is 11.2 Å². The minimum absolute atomic E-state index is 0.607. The van der Waals surface area contributed by atoms with Gasteiger partial charge < -0.3 is 4.74 Å². The summed E-state index contributed by atoms with van der Waals surface area (Å²) in [6.07, 6.45) is 8.20. The lowest BCUT2D eigenvalue weighted by molar-refractivity contribution is 0.340. The van der Waals surface area contributed by atoms with Crippen LogP contribution in [0.5, 0.6) is 5.75 Å². The van der Waals surface area contributed by atoms with Gasteiger partial charge in [0.2, 0.25) is 0 Å². The molecule has 3 aromatic rings. The van der Waals surface area contributed by atoms with Crippen LogP contribution < -0.4 is 4.74 Å². The first kappa shape index (κ1) is 14.0. The Bertz CT molecular complexity index is 817. The number of hydrogen-bond acceptors (Lipinski definition) is 5. The lowest BCUT2D eigenvalue weighted by atomic mass is 10.3. The van der Waals surface area contributed by atoms with E-state index in [9.17, 15) is 0 Å². The van der Waals surface area contributed by atoms with Gasteiger partial charge in [0, 0.05) is 12.8 Å². The van der Waals surface area contributed by atoms with Crippen molar-refractivity contribution in [2.75, 3.05) is 6.61 Å². The van der Waals surface area contributed by atoms with Gasteiger partial charge in [-0.25, -0.2) is 9.97 Å². The Morgan fingerprint density at radius 1 is 1.27 bits per heavy atom. The molecule has 0 aliphatic heterocycles. The minimum atomic E-state index is 0.607. The van der Waals surface area contributed by atoms with E-state index in [1.807, 2.05) is 31.2 Å². The summed E-state index contributed by atoms with van der Waals surface area (Å²) in [7, 11) is 0. The maximum Gasteiger partial charge on any atom is 0.187 e. The summed E-state index contributed by atoms with van der Waals surface area (Å²) in [6.45, 7) is 2.59. The quantitative estimate of drug-likeness (QED) is 0.675. The van der Waals surface area contributed by atoms with Gasteiger partial charge in [-0.2, -0.15) is 4.68 Å². The lowest BCUT2D eigenvalue weighted by Gasteiger charge is -2.05. The first-order chi connectivity index (χ1) is 10.8. The van der Waals surface area contributed by atoms with E-state index in [1.165, 1.54) is 0 Å². The van der Waals surface area contributed by atoms with E-state index in [0.29, 0.717) is 36.4 Å². The molecule has 0 saturated heterocycles. The summed E-state index contributed by atoms with van der Waals surface area (Å²) < 4.78 is 7.13. The van der Waals surface area contributed by atoms with Gasteiger partial charge in [0.25, 0.3) is 0 Å². The Morgan fingerprint density at radius 2 is 2.09 bits per heavy atom. The van der Waals surface area contributed by atoms with Crippen LogP contribution in [0.25, 0.3) is 16.9 Å². The van der Waals surface area contributed by atoms with Gasteiger partial charge in [0.05, 0.1) is 18.5 Å². The topological polar surface area (TPSA) is 65.7 Å². The zero-order valence-corrected chi connectivity index (χ0v) is 12.2. The molecule has 2 aromatic heterocycles. The number of ether oxygens (including phenoxy) is 1. The third-order valence-corrected chi connectivity index (χ3v) is 3.13. The molecule has 3 rings (SSSR count). The van der Waals surface area contributed by atoms with Crippen LogP contribution in [0.2, 0.25) is 0 Å². The van der Waals surface area contributed by atoms with Crippen LogP contribution in [0.1, 0.15) is 19.2 Å². The minimum Gasteiger partial charge on any atom is -0.494 e. The SMILES string of the molecule is C#CCCc1ncc2nnn(-c3ccc(OCC)cc3)c2n1. The number of terminal acetylenes is 1. The molecule has 0 spiro atoms. The molecular weight excluding hydrogens is 278 g/mol. The van der Waals surface area contributed by atoms with Crippen molar-refractivity contribution in [2.24, 2.45) is 0 Å². The molecule has 2 heterocycles. The standard InChI is InChI=1S/C16H15N5O/c1-3-5-6-15-17-11-14-16(18-15)21(20-19-14)12-7-9-13(10-8-12)22-4-2/h1,7-11H,4-6H2,2H3. The van der Waals surface area contributed by atoms with E-state index in [2.05, 4.69) is 26.2 Å². The summed E-state index contributed by atoms with van der Waals surface area (Å²) >= 11 is 0. The predicted octanol–water partition coefficient (Wildman–Crippen LogP) is 2.17. The Kier molecular flexibility index (Phi) is 3.97. The zero-order chi connectivity index (χ0) is 15.4. The molecule has 0 bridgehead atoms. The van der Waals surface area contributed by atoms with E-state index < -0.39 is 0 Å². The summed E-state index contributed by atoms with van der Waals surface area (Å²) in [5, 5.41) is 8.24. The van der Waals surface area contributed by atoms with Crippen LogP contribution in [0.3, 0.4) is 0 Å². The molecule has 6 nitrogen and oxygen atoms in total. The number of rotatable bonds is 5. The molecule has 22 heavy (non-hydrogen) atoms. The molecule has 0 amide bonds. The Morgan fingerprint density at radius 3 is 2.82 bits per heavy atom. The summed E-state index contributed by atoms with van der Waals surface area (Å²) in [5.74, 6) is 4.10. The van der Waals surface area contributed by atoms with Crippen molar-refractivity contribution in [3.8, 4) is 23.8 Å². The number of benzene rings is 1. The van der Waals surface area contributed by atoms with Crippen LogP contribution in [0, 0.1) is 12.3 Å². The monoisotopic (exact) mass is 293 g/mol. The van der Waals surface area contributed by atoms with E-state index in [-0.39, 0.29) is 0 Å². The average molecular weight is 293 g/mol. The van der Waals surface area contributed by atoms with Gasteiger partial charge in [-0.15, -0.1) is 17.4 Å². The first-order valence-corrected chi connectivity index (χ1v) is 7.06. The van der Waals surface area contributed by atoms with Crippen LogP contribution in [0.15, 0.2) is 30.5 Å². The zero-order valence-electron chi connectivity index (χ0n) is 12.2. The highest BCUT2D eigenvalue weighted by Crippen LogP contribution is 2.18. The Labute approximate surface area is 128 Å². The molecule has 6 heteroatoms. The van der Waals surface area contributed by atoms with Gasteiger partial charge in [-0.3, -0.25) is 0 Å². The molecule has 0 N–H and O–H groups in total. The van der Waals surface area contributed by atoms with Crippen LogP contribution in [-0.4, -0.2) is 31.6 Å². The molecule has 0 atom stereocenters. The van der Waals surface area contributed by atoms with Crippen molar-refractivity contribution in [1.29, 1.82) is 0 Å². The van der Waals surface area contributed by atoms with E-state index >= 15 is 0 Å². The third-order valence-electron chi connectivity index (χ3n) is 3.13. The largest absolute Gasteiger partial charge is 0.494 e. The van der Waals surface area contributed by atoms with E-state index in [4.69, 9.17) is 11.2 Å². The number of fused-ring (bicyclic) bond motifs is 1. The number of aryl methyl sites for hydroxylation is 1. The number of nitrogens with zero attached hydrogens (tertiary/aromatic N) is 5. The molecule has 110 valence electrons.